The summed E-state index contributed by atoms with van der Waals surface area (Å²) in [6, 6.07) is 9.85. The first kappa shape index (κ1) is 12.7. The fourth-order valence-electron chi connectivity index (χ4n) is 2.13. The molecule has 2 rings (SSSR count). The molecule has 0 radical (unpaired) electrons. The van der Waals surface area contributed by atoms with Gasteiger partial charge in [0.1, 0.15) is 5.69 Å². The van der Waals surface area contributed by atoms with Crippen LogP contribution >= 0.6 is 0 Å². The molecule has 1 aromatic carbocycles. The Balaban J connectivity index is 2.41. The van der Waals surface area contributed by atoms with Gasteiger partial charge < -0.3 is 5.11 Å². The quantitative estimate of drug-likeness (QED) is 0.872. The molecule has 1 heterocycles. The highest BCUT2D eigenvalue weighted by molar-refractivity contribution is 5.67. The minimum absolute atomic E-state index is 0.344. The van der Waals surface area contributed by atoms with E-state index in [-0.39, 0.29) is 0 Å². The van der Waals surface area contributed by atoms with Crippen molar-refractivity contribution in [1.29, 1.82) is 0 Å². The monoisotopic (exact) mass is 244 g/mol. The van der Waals surface area contributed by atoms with Crippen molar-refractivity contribution in [3.8, 4) is 17.0 Å². The predicted octanol–water partition coefficient (Wildman–Crippen LogP) is 3.62. The molecule has 3 nitrogen and oxygen atoms in total. The molecule has 1 aromatic heterocycles. The lowest BCUT2D eigenvalue weighted by Gasteiger charge is -2.03. The van der Waals surface area contributed by atoms with Crippen LogP contribution in [-0.4, -0.2) is 14.9 Å². The van der Waals surface area contributed by atoms with Crippen molar-refractivity contribution in [2.24, 2.45) is 0 Å². The van der Waals surface area contributed by atoms with Gasteiger partial charge in [0.2, 0.25) is 0 Å². The smallest absolute Gasteiger partial charge is 0.164 e. The van der Waals surface area contributed by atoms with Gasteiger partial charge in [-0.15, -0.1) is 0 Å². The van der Waals surface area contributed by atoms with E-state index in [1.165, 1.54) is 0 Å². The molecule has 18 heavy (non-hydrogen) atoms. The largest absolute Gasteiger partial charge is 0.504 e. The van der Waals surface area contributed by atoms with Gasteiger partial charge in [0.15, 0.2) is 5.75 Å². The highest BCUT2D eigenvalue weighted by Gasteiger charge is 2.16. The van der Waals surface area contributed by atoms with E-state index in [9.17, 15) is 5.11 Å². The number of unbranched alkanes of at least 4 members (excludes halogenated alkanes) is 1. The van der Waals surface area contributed by atoms with Gasteiger partial charge in [-0.2, -0.15) is 5.10 Å². The third kappa shape index (κ3) is 2.40. The van der Waals surface area contributed by atoms with Gasteiger partial charge in [0, 0.05) is 12.1 Å². The molecule has 1 N–H and O–H groups in total. The Morgan fingerprint density at radius 3 is 2.50 bits per heavy atom. The maximum Gasteiger partial charge on any atom is 0.164 e. The zero-order chi connectivity index (χ0) is 13.0. The van der Waals surface area contributed by atoms with E-state index in [4.69, 9.17) is 0 Å². The summed E-state index contributed by atoms with van der Waals surface area (Å²) < 4.78 is 1.91. The molecule has 0 saturated carbocycles. The van der Waals surface area contributed by atoms with Crippen LogP contribution in [-0.2, 0) is 13.0 Å². The normalized spacial score (nSPS) is 10.8. The van der Waals surface area contributed by atoms with Gasteiger partial charge in [-0.1, -0.05) is 43.7 Å². The average molecular weight is 244 g/mol. The Bertz CT molecular complexity index is 503. The van der Waals surface area contributed by atoms with Gasteiger partial charge in [0.05, 0.1) is 5.69 Å². The Morgan fingerprint density at radius 1 is 1.17 bits per heavy atom. The number of aromatic hydroxyl groups is 1. The molecule has 0 fully saturated rings. The lowest BCUT2D eigenvalue weighted by molar-refractivity contribution is 0.463. The number of hydrogen-bond donors (Lipinski definition) is 1. The van der Waals surface area contributed by atoms with Gasteiger partial charge in [-0.3, -0.25) is 4.68 Å². The van der Waals surface area contributed by atoms with Crippen LogP contribution in [0.25, 0.3) is 11.3 Å². The van der Waals surface area contributed by atoms with Gasteiger partial charge in [0.25, 0.3) is 0 Å². The second kappa shape index (κ2) is 5.71. The Kier molecular flexibility index (Phi) is 4.03. The molecule has 96 valence electrons. The third-order valence-electron chi connectivity index (χ3n) is 3.14. The zero-order valence-electron chi connectivity index (χ0n) is 11.1. The molecule has 0 atom stereocenters. The zero-order valence-corrected chi connectivity index (χ0v) is 11.1. The van der Waals surface area contributed by atoms with Crippen LogP contribution in [0.4, 0.5) is 0 Å². The van der Waals surface area contributed by atoms with E-state index in [2.05, 4.69) is 18.9 Å². The Hall–Kier alpha value is -1.77. The first-order chi connectivity index (χ1) is 8.77. The van der Waals surface area contributed by atoms with Crippen molar-refractivity contribution in [3.05, 3.63) is 36.0 Å². The van der Waals surface area contributed by atoms with E-state index >= 15 is 0 Å². The van der Waals surface area contributed by atoms with E-state index in [1.807, 2.05) is 35.0 Å². The molecule has 0 unspecified atom stereocenters. The van der Waals surface area contributed by atoms with Crippen molar-refractivity contribution >= 4 is 0 Å². The first-order valence-electron chi connectivity index (χ1n) is 6.62. The van der Waals surface area contributed by atoms with E-state index < -0.39 is 0 Å². The van der Waals surface area contributed by atoms with Crippen molar-refractivity contribution in [2.75, 3.05) is 0 Å². The van der Waals surface area contributed by atoms with Crippen LogP contribution in [0.15, 0.2) is 30.3 Å². The van der Waals surface area contributed by atoms with Gasteiger partial charge in [-0.05, 0) is 19.8 Å². The van der Waals surface area contributed by atoms with E-state index in [1.54, 1.807) is 0 Å². The number of aryl methyl sites for hydroxylation is 1. The molecule has 0 aliphatic rings. The molecule has 0 aliphatic heterocycles. The summed E-state index contributed by atoms with van der Waals surface area (Å²) in [7, 11) is 0. The maximum atomic E-state index is 10.3. The van der Waals surface area contributed by atoms with Crippen LogP contribution in [0.2, 0.25) is 0 Å². The fraction of sp³-hybridized carbons (Fsp3) is 0.400. The minimum Gasteiger partial charge on any atom is -0.504 e. The van der Waals surface area contributed by atoms with Gasteiger partial charge >= 0.3 is 0 Å². The molecular formula is C15H20N2O. The van der Waals surface area contributed by atoms with Crippen molar-refractivity contribution in [2.45, 2.75) is 39.7 Å². The lowest BCUT2D eigenvalue weighted by atomic mass is 10.1. The predicted molar refractivity (Wildman–Crippen MR) is 73.6 cm³/mol. The topological polar surface area (TPSA) is 38.1 Å². The number of nitrogens with zero attached hydrogens (tertiary/aromatic N) is 2. The number of benzene rings is 1. The summed E-state index contributed by atoms with van der Waals surface area (Å²) >= 11 is 0. The Labute approximate surface area is 108 Å². The SMILES string of the molecule is CCCCc1c(O)c(-c2ccccc2)nn1CC. The van der Waals surface area contributed by atoms with E-state index in [0.29, 0.717) is 11.4 Å². The molecular weight excluding hydrogens is 224 g/mol. The molecule has 0 amide bonds. The summed E-state index contributed by atoms with van der Waals surface area (Å²) in [6.45, 7) is 5.00. The second-order valence-corrected chi connectivity index (χ2v) is 4.43. The average Bonchev–Trinajstić information content (AvgIpc) is 2.74. The number of aromatic nitrogens is 2. The minimum atomic E-state index is 0.344. The maximum absolute atomic E-state index is 10.3. The number of rotatable bonds is 5. The van der Waals surface area contributed by atoms with Crippen LogP contribution in [0.3, 0.4) is 0 Å². The number of hydrogen-bond acceptors (Lipinski definition) is 2. The van der Waals surface area contributed by atoms with Crippen molar-refractivity contribution < 1.29 is 5.11 Å². The molecule has 0 aliphatic carbocycles. The van der Waals surface area contributed by atoms with Gasteiger partial charge in [-0.25, -0.2) is 0 Å². The van der Waals surface area contributed by atoms with Crippen LogP contribution in [0, 0.1) is 0 Å². The Morgan fingerprint density at radius 2 is 1.89 bits per heavy atom. The lowest BCUT2D eigenvalue weighted by Crippen LogP contribution is -2.02. The highest BCUT2D eigenvalue weighted by atomic mass is 16.3. The molecule has 0 bridgehead atoms. The fourth-order valence-corrected chi connectivity index (χ4v) is 2.13. The van der Waals surface area contributed by atoms with Crippen molar-refractivity contribution in [1.82, 2.24) is 9.78 Å². The highest BCUT2D eigenvalue weighted by Crippen LogP contribution is 2.32. The molecule has 3 heteroatoms. The summed E-state index contributed by atoms with van der Waals surface area (Å²) in [4.78, 5) is 0. The van der Waals surface area contributed by atoms with Crippen LogP contribution in [0.5, 0.6) is 5.75 Å². The van der Waals surface area contributed by atoms with E-state index in [0.717, 1.165) is 37.1 Å². The van der Waals surface area contributed by atoms with Crippen LogP contribution < -0.4 is 0 Å². The summed E-state index contributed by atoms with van der Waals surface area (Å²) in [5, 5.41) is 14.9. The van der Waals surface area contributed by atoms with Crippen molar-refractivity contribution in [3.63, 3.8) is 0 Å². The summed E-state index contributed by atoms with van der Waals surface area (Å²) in [5.41, 5.74) is 2.63. The summed E-state index contributed by atoms with van der Waals surface area (Å²) in [6.07, 6.45) is 3.08. The second-order valence-electron chi connectivity index (χ2n) is 4.43. The summed E-state index contributed by atoms with van der Waals surface area (Å²) in [5.74, 6) is 0.344. The standard InChI is InChI=1S/C15H20N2O/c1-3-5-11-13-15(18)14(16-17(13)4-2)12-9-7-6-8-10-12/h6-10,18H,3-5,11H2,1-2H3. The first-order valence-corrected chi connectivity index (χ1v) is 6.62. The molecule has 0 spiro atoms. The van der Waals surface area contributed by atoms with Crippen LogP contribution in [0.1, 0.15) is 32.4 Å². The molecule has 2 aromatic rings. The molecule has 0 saturated heterocycles. The third-order valence-corrected chi connectivity index (χ3v) is 3.14.